The molecule has 110 valence electrons. The van der Waals surface area contributed by atoms with Crippen LogP contribution in [0.1, 0.15) is 53.9 Å². The molecule has 0 aromatic rings. The first kappa shape index (κ1) is 14.8. The lowest BCUT2D eigenvalue weighted by Crippen LogP contribution is -2.41. The summed E-state index contributed by atoms with van der Waals surface area (Å²) in [6.45, 7) is 11.4. The summed E-state index contributed by atoms with van der Waals surface area (Å²) in [6.07, 6.45) is 3.58. The monoisotopic (exact) mass is 267 g/mol. The average Bonchev–Trinajstić information content (AvgIpc) is 2.62. The quantitative estimate of drug-likeness (QED) is 0.797. The topological polar surface area (TPSA) is 52.3 Å². The third-order valence-electron chi connectivity index (χ3n) is 6.33. The Morgan fingerprint density at radius 2 is 2.00 bits per heavy atom. The SMILES string of the molecule is CC(C)C(CN)C(=O)OC1CC2CCC1(C)C2(C)C. The summed E-state index contributed by atoms with van der Waals surface area (Å²) in [7, 11) is 0. The minimum absolute atomic E-state index is 0.0848. The predicted octanol–water partition coefficient (Wildman–Crippen LogP) is 2.98. The van der Waals surface area contributed by atoms with Crippen LogP contribution >= 0.6 is 0 Å². The van der Waals surface area contributed by atoms with E-state index in [-0.39, 0.29) is 34.7 Å². The van der Waals surface area contributed by atoms with Crippen molar-refractivity contribution in [2.45, 2.75) is 60.0 Å². The normalized spacial score (nSPS) is 37.6. The van der Waals surface area contributed by atoms with Crippen LogP contribution in [0.5, 0.6) is 0 Å². The number of esters is 1. The van der Waals surface area contributed by atoms with Crippen molar-refractivity contribution in [3.05, 3.63) is 0 Å². The van der Waals surface area contributed by atoms with Gasteiger partial charge in [0.25, 0.3) is 0 Å². The highest BCUT2D eigenvalue weighted by molar-refractivity contribution is 5.73. The highest BCUT2D eigenvalue weighted by Crippen LogP contribution is 2.66. The number of hydrogen-bond acceptors (Lipinski definition) is 3. The summed E-state index contributed by atoms with van der Waals surface area (Å²) in [6, 6.07) is 0. The maximum Gasteiger partial charge on any atom is 0.310 e. The lowest BCUT2D eigenvalue weighted by molar-refractivity contribution is -0.163. The molecule has 19 heavy (non-hydrogen) atoms. The summed E-state index contributed by atoms with van der Waals surface area (Å²) < 4.78 is 5.88. The van der Waals surface area contributed by atoms with E-state index in [4.69, 9.17) is 10.5 Å². The molecule has 0 aromatic carbocycles. The van der Waals surface area contributed by atoms with Crippen molar-refractivity contribution < 1.29 is 9.53 Å². The highest BCUT2D eigenvalue weighted by Gasteiger charge is 2.63. The molecule has 3 heteroatoms. The zero-order chi connectivity index (χ0) is 14.4. The number of carbonyl (C=O) groups excluding carboxylic acids is 1. The predicted molar refractivity (Wildman–Crippen MR) is 76.5 cm³/mol. The number of hydrogen-bond donors (Lipinski definition) is 1. The lowest BCUT2D eigenvalue weighted by atomic mass is 9.70. The minimum Gasteiger partial charge on any atom is -0.462 e. The van der Waals surface area contributed by atoms with Crippen molar-refractivity contribution in [3.63, 3.8) is 0 Å². The van der Waals surface area contributed by atoms with Crippen LogP contribution in [0.4, 0.5) is 0 Å². The first-order valence-corrected chi connectivity index (χ1v) is 7.64. The first-order chi connectivity index (χ1) is 8.74. The van der Waals surface area contributed by atoms with E-state index >= 15 is 0 Å². The molecule has 0 saturated heterocycles. The number of nitrogens with two attached hydrogens (primary N) is 1. The number of rotatable bonds is 4. The zero-order valence-electron chi connectivity index (χ0n) is 13.0. The molecule has 2 N–H and O–H groups in total. The fraction of sp³-hybridized carbons (Fsp3) is 0.938. The second-order valence-corrected chi connectivity index (χ2v) is 7.62. The summed E-state index contributed by atoms with van der Waals surface area (Å²) in [5, 5.41) is 0. The molecule has 0 aliphatic heterocycles. The molecule has 2 fully saturated rings. The Balaban J connectivity index is 2.08. The Kier molecular flexibility index (Phi) is 3.72. The van der Waals surface area contributed by atoms with Crippen LogP contribution in [0.15, 0.2) is 0 Å². The van der Waals surface area contributed by atoms with E-state index in [2.05, 4.69) is 20.8 Å². The molecular formula is C16H29NO2. The fourth-order valence-corrected chi connectivity index (χ4v) is 4.18. The third kappa shape index (κ3) is 2.10. The van der Waals surface area contributed by atoms with Gasteiger partial charge >= 0.3 is 5.97 Å². The molecule has 0 amide bonds. The van der Waals surface area contributed by atoms with E-state index < -0.39 is 0 Å². The second kappa shape index (κ2) is 4.76. The summed E-state index contributed by atoms with van der Waals surface area (Å²) in [5.41, 5.74) is 6.14. The second-order valence-electron chi connectivity index (χ2n) is 7.62. The number of fused-ring (bicyclic) bond motifs is 2. The Morgan fingerprint density at radius 3 is 2.37 bits per heavy atom. The van der Waals surface area contributed by atoms with Crippen LogP contribution in [0.3, 0.4) is 0 Å². The number of ether oxygens (including phenoxy) is 1. The Labute approximate surface area is 117 Å². The molecule has 2 aliphatic carbocycles. The van der Waals surface area contributed by atoms with Crippen LogP contribution in [0.25, 0.3) is 0 Å². The van der Waals surface area contributed by atoms with Gasteiger partial charge in [0.05, 0.1) is 5.92 Å². The van der Waals surface area contributed by atoms with Gasteiger partial charge in [-0.05, 0) is 36.5 Å². The fourth-order valence-electron chi connectivity index (χ4n) is 4.18. The Morgan fingerprint density at radius 1 is 1.37 bits per heavy atom. The maximum absolute atomic E-state index is 12.3. The van der Waals surface area contributed by atoms with Gasteiger partial charge in [0.15, 0.2) is 0 Å². The Bertz CT molecular complexity index is 364. The molecule has 2 rings (SSSR count). The van der Waals surface area contributed by atoms with Crippen molar-refractivity contribution in [1.82, 2.24) is 0 Å². The molecule has 0 heterocycles. The van der Waals surface area contributed by atoms with Gasteiger partial charge in [0.1, 0.15) is 6.10 Å². The molecule has 0 radical (unpaired) electrons. The number of carbonyl (C=O) groups is 1. The van der Waals surface area contributed by atoms with E-state index in [0.717, 1.165) is 6.42 Å². The zero-order valence-corrected chi connectivity index (χ0v) is 13.0. The van der Waals surface area contributed by atoms with Gasteiger partial charge in [-0.3, -0.25) is 4.79 Å². The lowest BCUT2D eigenvalue weighted by Gasteiger charge is -2.39. The largest absolute Gasteiger partial charge is 0.462 e. The van der Waals surface area contributed by atoms with Crippen molar-refractivity contribution in [2.75, 3.05) is 6.54 Å². The van der Waals surface area contributed by atoms with Crippen molar-refractivity contribution >= 4 is 5.97 Å². The Hall–Kier alpha value is -0.570. The minimum atomic E-state index is -0.161. The van der Waals surface area contributed by atoms with E-state index in [1.165, 1.54) is 12.8 Å². The van der Waals surface area contributed by atoms with Crippen LogP contribution in [-0.4, -0.2) is 18.6 Å². The van der Waals surface area contributed by atoms with Crippen LogP contribution in [-0.2, 0) is 9.53 Å². The van der Waals surface area contributed by atoms with Gasteiger partial charge in [-0.25, -0.2) is 0 Å². The van der Waals surface area contributed by atoms with Crippen LogP contribution < -0.4 is 5.73 Å². The van der Waals surface area contributed by atoms with Crippen LogP contribution in [0.2, 0.25) is 0 Å². The van der Waals surface area contributed by atoms with E-state index in [9.17, 15) is 4.79 Å². The van der Waals surface area contributed by atoms with Gasteiger partial charge in [-0.1, -0.05) is 34.6 Å². The summed E-state index contributed by atoms with van der Waals surface area (Å²) in [5.74, 6) is 0.695. The van der Waals surface area contributed by atoms with Crippen molar-refractivity contribution in [1.29, 1.82) is 0 Å². The van der Waals surface area contributed by atoms with Gasteiger partial charge in [-0.15, -0.1) is 0 Å². The molecule has 2 saturated carbocycles. The summed E-state index contributed by atoms with van der Waals surface area (Å²) in [4.78, 5) is 12.3. The highest BCUT2D eigenvalue weighted by atomic mass is 16.5. The molecule has 0 spiro atoms. The van der Waals surface area contributed by atoms with Gasteiger partial charge < -0.3 is 10.5 Å². The molecule has 3 nitrogen and oxygen atoms in total. The summed E-state index contributed by atoms with van der Waals surface area (Å²) >= 11 is 0. The molecular weight excluding hydrogens is 238 g/mol. The maximum atomic E-state index is 12.3. The van der Waals surface area contributed by atoms with Crippen molar-refractivity contribution in [2.24, 2.45) is 34.3 Å². The third-order valence-corrected chi connectivity index (χ3v) is 6.33. The van der Waals surface area contributed by atoms with Crippen LogP contribution in [0, 0.1) is 28.6 Å². The van der Waals surface area contributed by atoms with Crippen molar-refractivity contribution in [3.8, 4) is 0 Å². The molecule has 4 unspecified atom stereocenters. The van der Waals surface area contributed by atoms with Gasteiger partial charge in [0, 0.05) is 12.0 Å². The molecule has 4 atom stereocenters. The first-order valence-electron chi connectivity index (χ1n) is 7.64. The molecule has 2 aliphatic rings. The van der Waals surface area contributed by atoms with E-state index in [1.54, 1.807) is 0 Å². The average molecular weight is 267 g/mol. The standard InChI is InChI=1S/C16H29NO2/c1-10(2)12(9-17)14(18)19-13-8-11-6-7-16(13,5)15(11,3)4/h10-13H,6-9,17H2,1-5H3. The molecule has 2 bridgehead atoms. The smallest absolute Gasteiger partial charge is 0.310 e. The van der Waals surface area contributed by atoms with E-state index in [1.807, 2.05) is 13.8 Å². The molecule has 0 aromatic heterocycles. The van der Waals surface area contributed by atoms with Gasteiger partial charge in [-0.2, -0.15) is 0 Å². The van der Waals surface area contributed by atoms with Gasteiger partial charge in [0.2, 0.25) is 0 Å². The van der Waals surface area contributed by atoms with E-state index in [0.29, 0.717) is 12.5 Å².